The number of esters is 1. The molecule has 0 rings (SSSR count). The van der Waals surface area contributed by atoms with Crippen molar-refractivity contribution < 1.29 is 9.53 Å². The van der Waals surface area contributed by atoms with E-state index in [1.54, 1.807) is 0 Å². The Kier molecular flexibility index (Phi) is 9.65. The topological polar surface area (TPSA) is 38.3 Å². The molecule has 0 saturated heterocycles. The monoisotopic (exact) mass is 261 g/mol. The van der Waals surface area contributed by atoms with Crippen LogP contribution in [0.2, 0.25) is 0 Å². The first-order valence-electron chi connectivity index (χ1n) is 6.43. The lowest BCUT2D eigenvalue weighted by molar-refractivity contribution is -0.143. The number of carbonyl (C=O) groups excluding carboxylic acids is 1. The van der Waals surface area contributed by atoms with Crippen LogP contribution in [0.15, 0.2) is 0 Å². The van der Waals surface area contributed by atoms with Crippen LogP contribution >= 0.6 is 11.8 Å². The molecular formula is C13H27NO2S. The van der Waals surface area contributed by atoms with Gasteiger partial charge in [-0.05, 0) is 46.4 Å². The maximum atomic E-state index is 11.1. The highest BCUT2D eigenvalue weighted by atomic mass is 32.2. The molecule has 0 amide bonds. The molecule has 3 nitrogen and oxygen atoms in total. The number of hydrogen-bond donors (Lipinski definition) is 1. The van der Waals surface area contributed by atoms with Crippen LogP contribution in [0.5, 0.6) is 0 Å². The van der Waals surface area contributed by atoms with Crippen LogP contribution in [-0.4, -0.2) is 36.7 Å². The predicted molar refractivity (Wildman–Crippen MR) is 75.6 cm³/mol. The van der Waals surface area contributed by atoms with E-state index in [0.717, 1.165) is 32.4 Å². The third-order valence-corrected chi connectivity index (χ3v) is 3.89. The molecule has 0 aliphatic heterocycles. The Balaban J connectivity index is 3.27. The van der Waals surface area contributed by atoms with Gasteiger partial charge in [0.1, 0.15) is 0 Å². The molecular weight excluding hydrogens is 234 g/mol. The van der Waals surface area contributed by atoms with Gasteiger partial charge in [0.2, 0.25) is 0 Å². The first-order valence-corrected chi connectivity index (χ1v) is 7.66. The minimum atomic E-state index is -0.0658. The Morgan fingerprint density at radius 2 is 2.00 bits per heavy atom. The number of unbranched alkanes of at least 4 members (excludes halogenated alkanes) is 2. The van der Waals surface area contributed by atoms with E-state index in [0.29, 0.717) is 17.8 Å². The second-order valence-corrected chi connectivity index (χ2v) is 6.27. The number of ether oxygens (including phenoxy) is 1. The molecule has 0 aromatic carbocycles. The quantitative estimate of drug-likeness (QED) is 0.485. The summed E-state index contributed by atoms with van der Waals surface area (Å²) in [7, 11) is 0. The van der Waals surface area contributed by atoms with Gasteiger partial charge in [-0.15, -0.1) is 0 Å². The zero-order valence-corrected chi connectivity index (χ0v) is 12.5. The summed E-state index contributed by atoms with van der Waals surface area (Å²) in [4.78, 5) is 11.1. The van der Waals surface area contributed by atoms with E-state index in [2.05, 4.69) is 25.4 Å². The van der Waals surface area contributed by atoms with Crippen LogP contribution < -0.4 is 5.32 Å². The third kappa shape index (κ3) is 10.6. The summed E-state index contributed by atoms with van der Waals surface area (Å²) in [5.41, 5.74) is 0. The van der Waals surface area contributed by atoms with Gasteiger partial charge >= 0.3 is 5.97 Å². The highest BCUT2D eigenvalue weighted by Gasteiger charge is 2.14. The van der Waals surface area contributed by atoms with Crippen molar-refractivity contribution in [3.05, 3.63) is 0 Å². The summed E-state index contributed by atoms with van der Waals surface area (Å²) in [5, 5.41) is 3.45. The molecule has 102 valence electrons. The lowest BCUT2D eigenvalue weighted by Gasteiger charge is -2.22. The normalized spacial score (nSPS) is 11.5. The fourth-order valence-corrected chi connectivity index (χ4v) is 1.64. The van der Waals surface area contributed by atoms with Crippen LogP contribution in [0.1, 0.15) is 46.5 Å². The van der Waals surface area contributed by atoms with Gasteiger partial charge in [0, 0.05) is 17.7 Å². The maximum Gasteiger partial charge on any atom is 0.305 e. The molecule has 0 aliphatic carbocycles. The van der Waals surface area contributed by atoms with Gasteiger partial charge in [0.15, 0.2) is 0 Å². The number of thioether (sulfide) groups is 1. The summed E-state index contributed by atoms with van der Waals surface area (Å²) in [5.74, 6) is -0.0658. The Morgan fingerprint density at radius 3 is 2.59 bits per heavy atom. The molecule has 0 fully saturated rings. The largest absolute Gasteiger partial charge is 0.466 e. The zero-order valence-electron chi connectivity index (χ0n) is 11.7. The number of carbonyl (C=O) groups is 1. The van der Waals surface area contributed by atoms with Crippen molar-refractivity contribution in [2.24, 2.45) is 0 Å². The molecule has 4 heteroatoms. The zero-order chi connectivity index (χ0) is 13.1. The van der Waals surface area contributed by atoms with Crippen molar-refractivity contribution in [2.45, 2.75) is 51.2 Å². The molecule has 0 atom stereocenters. The van der Waals surface area contributed by atoms with Crippen molar-refractivity contribution in [2.75, 3.05) is 26.0 Å². The molecule has 0 aromatic heterocycles. The van der Waals surface area contributed by atoms with Gasteiger partial charge in [-0.3, -0.25) is 4.79 Å². The average molecular weight is 261 g/mol. The Bertz CT molecular complexity index is 208. The van der Waals surface area contributed by atoms with Crippen molar-refractivity contribution in [3.8, 4) is 0 Å². The Morgan fingerprint density at radius 1 is 1.29 bits per heavy atom. The number of rotatable bonds is 10. The minimum Gasteiger partial charge on any atom is -0.466 e. The van der Waals surface area contributed by atoms with Crippen LogP contribution in [0.3, 0.4) is 0 Å². The maximum absolute atomic E-state index is 11.1. The molecule has 0 aromatic rings. The van der Waals surface area contributed by atoms with Gasteiger partial charge in [0.25, 0.3) is 0 Å². The predicted octanol–water partition coefficient (Wildman–Crippen LogP) is 2.84. The minimum absolute atomic E-state index is 0.0658. The highest BCUT2D eigenvalue weighted by Crippen LogP contribution is 2.19. The van der Waals surface area contributed by atoms with Gasteiger partial charge in [-0.2, -0.15) is 11.8 Å². The van der Waals surface area contributed by atoms with Crippen molar-refractivity contribution >= 4 is 17.7 Å². The Labute approximate surface area is 110 Å². The van der Waals surface area contributed by atoms with E-state index in [4.69, 9.17) is 4.74 Å². The summed E-state index contributed by atoms with van der Waals surface area (Å²) in [6.07, 6.45) is 5.85. The van der Waals surface area contributed by atoms with Gasteiger partial charge in [-0.1, -0.05) is 6.42 Å². The lowest BCUT2D eigenvalue weighted by atomic mass is 10.2. The van der Waals surface area contributed by atoms with Crippen LogP contribution in [0.4, 0.5) is 0 Å². The SMILES string of the molecule is CCOC(=O)CCCCCNCC(C)(C)SC. The average Bonchev–Trinajstić information content (AvgIpc) is 2.28. The van der Waals surface area contributed by atoms with Gasteiger partial charge < -0.3 is 10.1 Å². The van der Waals surface area contributed by atoms with Crippen molar-refractivity contribution in [3.63, 3.8) is 0 Å². The van der Waals surface area contributed by atoms with E-state index in [9.17, 15) is 4.79 Å². The molecule has 0 unspecified atom stereocenters. The summed E-state index contributed by atoms with van der Waals surface area (Å²) in [6.45, 7) is 8.88. The smallest absolute Gasteiger partial charge is 0.305 e. The van der Waals surface area contributed by atoms with Crippen LogP contribution in [0, 0.1) is 0 Å². The standard InChI is InChI=1S/C13H27NO2S/c1-5-16-12(15)9-7-6-8-10-14-11-13(2,3)17-4/h14H,5-11H2,1-4H3. The molecule has 1 N–H and O–H groups in total. The van der Waals surface area contributed by atoms with Gasteiger partial charge in [-0.25, -0.2) is 0 Å². The fourth-order valence-electron chi connectivity index (χ4n) is 1.39. The second-order valence-electron chi connectivity index (χ2n) is 4.76. The van der Waals surface area contributed by atoms with Crippen LogP contribution in [-0.2, 0) is 9.53 Å². The molecule has 0 spiro atoms. The van der Waals surface area contributed by atoms with E-state index >= 15 is 0 Å². The van der Waals surface area contributed by atoms with Crippen molar-refractivity contribution in [1.29, 1.82) is 0 Å². The summed E-state index contributed by atoms with van der Waals surface area (Å²) < 4.78 is 5.18. The molecule has 0 saturated carbocycles. The highest BCUT2D eigenvalue weighted by molar-refractivity contribution is 7.99. The first kappa shape index (κ1) is 16.8. The third-order valence-electron chi connectivity index (χ3n) is 2.64. The molecule has 17 heavy (non-hydrogen) atoms. The molecule has 0 radical (unpaired) electrons. The summed E-state index contributed by atoms with van der Waals surface area (Å²) in [6, 6.07) is 0. The van der Waals surface area contributed by atoms with Crippen LogP contribution in [0.25, 0.3) is 0 Å². The fraction of sp³-hybridized carbons (Fsp3) is 0.923. The first-order chi connectivity index (χ1) is 8.02. The van der Waals surface area contributed by atoms with Gasteiger partial charge in [0.05, 0.1) is 6.61 Å². The molecule has 0 bridgehead atoms. The summed E-state index contributed by atoms with van der Waals surface area (Å²) >= 11 is 1.88. The molecule has 0 heterocycles. The van der Waals surface area contributed by atoms with E-state index < -0.39 is 0 Å². The molecule has 0 aliphatic rings. The van der Waals surface area contributed by atoms with E-state index in [1.807, 2.05) is 18.7 Å². The lowest BCUT2D eigenvalue weighted by Crippen LogP contribution is -2.32. The van der Waals surface area contributed by atoms with E-state index in [1.165, 1.54) is 0 Å². The van der Waals surface area contributed by atoms with E-state index in [-0.39, 0.29) is 5.97 Å². The second kappa shape index (κ2) is 9.77. The number of hydrogen-bond acceptors (Lipinski definition) is 4. The Hall–Kier alpha value is -0.220. The number of nitrogens with one attached hydrogen (secondary N) is 1. The van der Waals surface area contributed by atoms with Crippen molar-refractivity contribution in [1.82, 2.24) is 5.32 Å².